The third-order valence-electron chi connectivity index (χ3n) is 3.51. The first-order valence-electron chi connectivity index (χ1n) is 7.59. The summed E-state index contributed by atoms with van der Waals surface area (Å²) in [7, 11) is 0. The molecule has 0 fully saturated rings. The molecule has 0 bridgehead atoms. The fraction of sp³-hybridized carbons (Fsp3) is 0.667. The fourth-order valence-corrected chi connectivity index (χ4v) is 2.35. The van der Waals surface area contributed by atoms with E-state index in [1.54, 1.807) is 6.20 Å². The standard InChI is InChI=1S/C15H24ClN5/c1-10(2)5-7-21(8-6-11(3)4)14-12-9-17-20-13(12)18-15(16)19-14/h9-11H,5-8H2,1-4H3,(H,17,18,19,20). The zero-order valence-electron chi connectivity index (χ0n) is 13.2. The van der Waals surface area contributed by atoms with Gasteiger partial charge in [-0.1, -0.05) is 27.7 Å². The lowest BCUT2D eigenvalue weighted by molar-refractivity contribution is 0.533. The first-order valence-corrected chi connectivity index (χ1v) is 7.96. The van der Waals surface area contributed by atoms with E-state index >= 15 is 0 Å². The molecule has 21 heavy (non-hydrogen) atoms. The Labute approximate surface area is 131 Å². The van der Waals surface area contributed by atoms with Gasteiger partial charge in [-0.05, 0) is 36.3 Å². The molecule has 0 aliphatic heterocycles. The van der Waals surface area contributed by atoms with Crippen molar-refractivity contribution in [1.29, 1.82) is 0 Å². The molecule has 2 aromatic rings. The Kier molecular flexibility index (Phi) is 5.39. The number of fused-ring (bicyclic) bond motifs is 1. The van der Waals surface area contributed by atoms with Gasteiger partial charge in [0.15, 0.2) is 5.65 Å². The summed E-state index contributed by atoms with van der Waals surface area (Å²) in [6.45, 7) is 10.9. The number of halogens is 1. The van der Waals surface area contributed by atoms with Crippen LogP contribution in [0.5, 0.6) is 0 Å². The lowest BCUT2D eigenvalue weighted by Gasteiger charge is -2.26. The van der Waals surface area contributed by atoms with Gasteiger partial charge in [-0.15, -0.1) is 0 Å². The Balaban J connectivity index is 2.29. The topological polar surface area (TPSA) is 57.7 Å². The van der Waals surface area contributed by atoms with Crippen LogP contribution >= 0.6 is 11.6 Å². The summed E-state index contributed by atoms with van der Waals surface area (Å²) in [6.07, 6.45) is 4.02. The van der Waals surface area contributed by atoms with E-state index in [9.17, 15) is 0 Å². The number of aromatic nitrogens is 4. The molecular weight excluding hydrogens is 286 g/mol. The van der Waals surface area contributed by atoms with E-state index in [0.717, 1.165) is 37.1 Å². The van der Waals surface area contributed by atoms with Gasteiger partial charge in [0, 0.05) is 13.1 Å². The van der Waals surface area contributed by atoms with Crippen molar-refractivity contribution in [3.63, 3.8) is 0 Å². The Bertz CT molecular complexity index is 566. The lowest BCUT2D eigenvalue weighted by atomic mass is 10.1. The van der Waals surface area contributed by atoms with Gasteiger partial charge in [-0.3, -0.25) is 5.10 Å². The van der Waals surface area contributed by atoms with Gasteiger partial charge < -0.3 is 4.90 Å². The Hall–Kier alpha value is -1.36. The highest BCUT2D eigenvalue weighted by molar-refractivity contribution is 6.28. The largest absolute Gasteiger partial charge is 0.356 e. The Morgan fingerprint density at radius 2 is 1.71 bits per heavy atom. The van der Waals surface area contributed by atoms with E-state index in [4.69, 9.17) is 11.6 Å². The molecule has 2 rings (SSSR count). The van der Waals surface area contributed by atoms with Crippen LogP contribution < -0.4 is 4.90 Å². The number of anilines is 1. The number of aromatic amines is 1. The molecule has 6 heteroatoms. The number of rotatable bonds is 7. The van der Waals surface area contributed by atoms with Crippen LogP contribution in [0.4, 0.5) is 5.82 Å². The summed E-state index contributed by atoms with van der Waals surface area (Å²) in [5.41, 5.74) is 0.698. The first kappa shape index (κ1) is 16.0. The summed E-state index contributed by atoms with van der Waals surface area (Å²) in [5, 5.41) is 8.14. The number of hydrogen-bond acceptors (Lipinski definition) is 4. The zero-order chi connectivity index (χ0) is 15.4. The minimum Gasteiger partial charge on any atom is -0.356 e. The Morgan fingerprint density at radius 3 is 2.29 bits per heavy atom. The maximum atomic E-state index is 6.05. The molecule has 5 nitrogen and oxygen atoms in total. The molecule has 0 saturated carbocycles. The van der Waals surface area contributed by atoms with Crippen LogP contribution in [-0.2, 0) is 0 Å². The van der Waals surface area contributed by atoms with Gasteiger partial charge in [0.25, 0.3) is 0 Å². The van der Waals surface area contributed by atoms with Gasteiger partial charge >= 0.3 is 0 Å². The van der Waals surface area contributed by atoms with Crippen LogP contribution in [0.25, 0.3) is 11.0 Å². The van der Waals surface area contributed by atoms with Gasteiger partial charge in [0.2, 0.25) is 5.28 Å². The monoisotopic (exact) mass is 309 g/mol. The Morgan fingerprint density at radius 1 is 1.10 bits per heavy atom. The molecule has 0 saturated heterocycles. The van der Waals surface area contributed by atoms with Crippen molar-refractivity contribution in [3.05, 3.63) is 11.5 Å². The minimum atomic E-state index is 0.265. The van der Waals surface area contributed by atoms with Crippen molar-refractivity contribution in [1.82, 2.24) is 20.2 Å². The van der Waals surface area contributed by atoms with Crippen molar-refractivity contribution in [3.8, 4) is 0 Å². The zero-order valence-corrected chi connectivity index (χ0v) is 14.0. The second-order valence-corrected chi connectivity index (χ2v) is 6.64. The van der Waals surface area contributed by atoms with Crippen LogP contribution in [0, 0.1) is 11.8 Å². The van der Waals surface area contributed by atoms with E-state index < -0.39 is 0 Å². The predicted molar refractivity (Wildman–Crippen MR) is 87.8 cm³/mol. The van der Waals surface area contributed by atoms with E-state index in [2.05, 4.69) is 52.8 Å². The highest BCUT2D eigenvalue weighted by Crippen LogP contribution is 2.25. The molecule has 1 N–H and O–H groups in total. The van der Waals surface area contributed by atoms with E-state index in [-0.39, 0.29) is 5.28 Å². The van der Waals surface area contributed by atoms with Crippen LogP contribution in [0.15, 0.2) is 6.20 Å². The molecule has 0 amide bonds. The molecule has 2 heterocycles. The molecular formula is C15H24ClN5. The predicted octanol–water partition coefficient (Wildman–Crippen LogP) is 3.90. The van der Waals surface area contributed by atoms with Crippen LogP contribution in [0.2, 0.25) is 5.28 Å². The summed E-state index contributed by atoms with van der Waals surface area (Å²) < 4.78 is 0. The van der Waals surface area contributed by atoms with Crippen molar-refractivity contribution in [2.24, 2.45) is 11.8 Å². The third kappa shape index (κ3) is 4.30. The van der Waals surface area contributed by atoms with E-state index in [1.807, 2.05) is 0 Å². The van der Waals surface area contributed by atoms with Crippen molar-refractivity contribution in [2.45, 2.75) is 40.5 Å². The van der Waals surface area contributed by atoms with Crippen molar-refractivity contribution in [2.75, 3.05) is 18.0 Å². The quantitative estimate of drug-likeness (QED) is 0.788. The minimum absolute atomic E-state index is 0.265. The fourth-order valence-electron chi connectivity index (χ4n) is 2.19. The normalized spacial score (nSPS) is 11.8. The molecule has 0 aliphatic rings. The lowest BCUT2D eigenvalue weighted by Crippen LogP contribution is -2.28. The molecule has 116 valence electrons. The molecule has 0 radical (unpaired) electrons. The number of hydrogen-bond donors (Lipinski definition) is 1. The van der Waals surface area contributed by atoms with E-state index in [1.165, 1.54) is 0 Å². The highest BCUT2D eigenvalue weighted by atomic mass is 35.5. The summed E-state index contributed by atoms with van der Waals surface area (Å²) in [5.74, 6) is 2.20. The third-order valence-corrected chi connectivity index (χ3v) is 3.68. The summed E-state index contributed by atoms with van der Waals surface area (Å²) >= 11 is 6.05. The maximum absolute atomic E-state index is 6.05. The molecule has 0 unspecified atom stereocenters. The molecule has 0 spiro atoms. The molecule has 0 aromatic carbocycles. The molecule has 2 aromatic heterocycles. The second kappa shape index (κ2) is 7.07. The van der Waals surface area contributed by atoms with Crippen molar-refractivity contribution < 1.29 is 0 Å². The number of nitrogens with zero attached hydrogens (tertiary/aromatic N) is 4. The average Bonchev–Trinajstić information content (AvgIpc) is 2.85. The smallest absolute Gasteiger partial charge is 0.226 e. The molecule has 0 aliphatic carbocycles. The van der Waals surface area contributed by atoms with Gasteiger partial charge in [-0.2, -0.15) is 15.1 Å². The van der Waals surface area contributed by atoms with E-state index in [0.29, 0.717) is 17.5 Å². The maximum Gasteiger partial charge on any atom is 0.226 e. The first-order chi connectivity index (χ1) is 9.97. The second-order valence-electron chi connectivity index (χ2n) is 6.30. The van der Waals surface area contributed by atoms with Gasteiger partial charge in [0.1, 0.15) is 5.82 Å². The van der Waals surface area contributed by atoms with Crippen LogP contribution in [0.3, 0.4) is 0 Å². The van der Waals surface area contributed by atoms with Crippen molar-refractivity contribution >= 4 is 28.5 Å². The average molecular weight is 310 g/mol. The number of H-pyrrole nitrogens is 1. The SMILES string of the molecule is CC(C)CCN(CCC(C)C)c1nc(Cl)nc2[nH]ncc12. The highest BCUT2D eigenvalue weighted by Gasteiger charge is 2.16. The molecule has 0 atom stereocenters. The van der Waals surface area contributed by atoms with Crippen LogP contribution in [-0.4, -0.2) is 33.3 Å². The van der Waals surface area contributed by atoms with Gasteiger partial charge in [-0.25, -0.2) is 0 Å². The summed E-state index contributed by atoms with van der Waals surface area (Å²) in [4.78, 5) is 10.9. The number of nitrogens with one attached hydrogen (secondary N) is 1. The van der Waals surface area contributed by atoms with Crippen LogP contribution in [0.1, 0.15) is 40.5 Å². The van der Waals surface area contributed by atoms with Gasteiger partial charge in [0.05, 0.1) is 11.6 Å². The summed E-state index contributed by atoms with van der Waals surface area (Å²) in [6, 6.07) is 0.